The second-order valence-corrected chi connectivity index (χ2v) is 9.88. The van der Waals surface area contributed by atoms with E-state index in [0.717, 1.165) is 38.5 Å². The molecular weight excluding hydrogens is 404 g/mol. The molecule has 0 heterocycles. The van der Waals surface area contributed by atoms with Crippen molar-refractivity contribution in [2.24, 2.45) is 0 Å². The molecule has 0 amide bonds. The van der Waals surface area contributed by atoms with Crippen LogP contribution < -0.4 is 103 Å². The molecule has 0 saturated carbocycles. The molecule has 0 unspecified atom stereocenters. The first-order valence-electron chi connectivity index (χ1n) is 9.06. The van der Waals surface area contributed by atoms with Crippen LogP contribution in [0.3, 0.4) is 0 Å². The van der Waals surface area contributed by atoms with Crippen LogP contribution >= 0.6 is 6.72 Å². The number of rotatable bonds is 16. The van der Waals surface area contributed by atoms with Crippen molar-refractivity contribution in [3.8, 4) is 0 Å². The topological polar surface area (TPSA) is 87.6 Å². The van der Waals surface area contributed by atoms with E-state index in [4.69, 9.17) is 8.37 Å². The Balaban J connectivity index is -0.000000807. The summed E-state index contributed by atoms with van der Waals surface area (Å²) in [5.74, 6) is 0. The minimum atomic E-state index is -4.82. The first kappa shape index (κ1) is 36.9. The van der Waals surface area contributed by atoms with Gasteiger partial charge in [-0.15, -0.1) is 0 Å². The van der Waals surface area contributed by atoms with E-state index in [1.807, 2.05) is 0 Å². The molecule has 0 aromatic rings. The quantitative estimate of drug-likeness (QED) is 0.136. The third-order valence-electron chi connectivity index (χ3n) is 3.55. The molecule has 0 aliphatic heterocycles. The molecular formula is C16H34Na3O5PS. The molecule has 10 heteroatoms. The van der Waals surface area contributed by atoms with E-state index in [1.54, 1.807) is 0 Å². The summed E-state index contributed by atoms with van der Waals surface area (Å²) in [4.78, 5) is 33.5. The molecule has 0 aliphatic rings. The zero-order valence-corrected chi connectivity index (χ0v) is 25.5. The Hall–Kier alpha value is 3.58. The van der Waals surface area contributed by atoms with Crippen molar-refractivity contribution in [2.75, 3.05) is 13.2 Å². The number of unbranched alkanes of at least 4 members (excludes halogenated alkanes) is 10. The van der Waals surface area contributed by atoms with Gasteiger partial charge in [-0.3, -0.25) is 0 Å². The zero-order chi connectivity index (χ0) is 17.4. The van der Waals surface area contributed by atoms with Gasteiger partial charge >= 0.3 is 88.7 Å². The van der Waals surface area contributed by atoms with Crippen molar-refractivity contribution in [2.45, 2.75) is 90.9 Å². The molecule has 0 fully saturated rings. The SMILES string of the molecule is CCCCCCCCOS(OCCCCCCCC)=P([O-])([O-])[O-].[Na+].[Na+].[Na+]. The third-order valence-corrected chi connectivity index (χ3v) is 6.38. The summed E-state index contributed by atoms with van der Waals surface area (Å²) in [5, 5.41) is 0. The van der Waals surface area contributed by atoms with Crippen LogP contribution in [0.1, 0.15) is 90.9 Å². The summed E-state index contributed by atoms with van der Waals surface area (Å²) in [7, 11) is -1.91. The van der Waals surface area contributed by atoms with Crippen LogP contribution in [0.15, 0.2) is 0 Å². The Morgan fingerprint density at radius 2 is 0.885 bits per heavy atom. The Bertz CT molecular complexity index is 305. The largest absolute Gasteiger partial charge is 1.00 e. The maximum atomic E-state index is 11.2. The van der Waals surface area contributed by atoms with Gasteiger partial charge in [-0.2, -0.15) is 0 Å². The maximum Gasteiger partial charge on any atom is 1.00 e. The summed E-state index contributed by atoms with van der Waals surface area (Å²) in [6.07, 6.45) is 13.0. The molecule has 0 aromatic heterocycles. The van der Waals surface area contributed by atoms with Crippen molar-refractivity contribution in [1.82, 2.24) is 0 Å². The molecule has 0 saturated heterocycles. The standard InChI is InChI=1S/C16H34O5PS.3Na/c1-3-5-7-9-11-13-15-20-23(22(17,18)19)21-16-14-12-10-8-6-4-2;;;/h3-16H2,1-2H3;;;/q-3;3*+1. The van der Waals surface area contributed by atoms with Gasteiger partial charge < -0.3 is 29.8 Å². The van der Waals surface area contributed by atoms with Gasteiger partial charge in [0.1, 0.15) is 0 Å². The van der Waals surface area contributed by atoms with Gasteiger partial charge in [0, 0.05) is 10.6 Å². The Kier molecular flexibility index (Phi) is 37.8. The van der Waals surface area contributed by atoms with Gasteiger partial charge in [-0.05, 0) is 12.8 Å². The first-order chi connectivity index (χ1) is 11.0. The molecule has 0 aromatic carbocycles. The molecule has 0 atom stereocenters. The van der Waals surface area contributed by atoms with E-state index < -0.39 is 17.4 Å². The minimum absolute atomic E-state index is 0. The molecule has 0 rings (SSSR count). The second-order valence-electron chi connectivity index (χ2n) is 5.84. The summed E-state index contributed by atoms with van der Waals surface area (Å²) >= 11 is 0. The summed E-state index contributed by atoms with van der Waals surface area (Å²) in [5.41, 5.74) is 0. The number of hydrogen-bond donors (Lipinski definition) is 0. The zero-order valence-electron chi connectivity index (χ0n) is 17.8. The van der Waals surface area contributed by atoms with Gasteiger partial charge in [0.2, 0.25) is 0 Å². The molecule has 0 spiro atoms. The van der Waals surface area contributed by atoms with Crippen LogP contribution in [0.4, 0.5) is 0 Å². The van der Waals surface area contributed by atoms with Crippen molar-refractivity contribution >= 4 is 17.4 Å². The fourth-order valence-corrected chi connectivity index (χ4v) is 4.26. The first-order valence-corrected chi connectivity index (χ1v) is 12.3. The molecule has 142 valence electrons. The van der Waals surface area contributed by atoms with E-state index in [2.05, 4.69) is 13.8 Å². The average molecular weight is 438 g/mol. The molecule has 26 heavy (non-hydrogen) atoms. The van der Waals surface area contributed by atoms with E-state index in [-0.39, 0.29) is 102 Å². The fourth-order valence-electron chi connectivity index (χ4n) is 2.19. The molecule has 0 N–H and O–H groups in total. The molecule has 0 aliphatic carbocycles. The van der Waals surface area contributed by atoms with Gasteiger partial charge in [0.15, 0.2) is 0 Å². The molecule has 0 bridgehead atoms. The van der Waals surface area contributed by atoms with Crippen molar-refractivity contribution < 1.29 is 112 Å². The molecule has 5 nitrogen and oxygen atoms in total. The summed E-state index contributed by atoms with van der Waals surface area (Å²) in [6.45, 7) is 0.0564. The summed E-state index contributed by atoms with van der Waals surface area (Å²) in [6, 6.07) is 0. The van der Waals surface area contributed by atoms with Crippen LogP contribution in [0.25, 0.3) is 0 Å². The van der Waals surface area contributed by atoms with Gasteiger partial charge in [-0.25, -0.2) is 0 Å². The third kappa shape index (κ3) is 25.6. The number of hydrogen-bond acceptors (Lipinski definition) is 5. The van der Waals surface area contributed by atoms with E-state index in [1.165, 1.54) is 38.5 Å². The van der Waals surface area contributed by atoms with E-state index in [0.29, 0.717) is 0 Å². The molecule has 0 radical (unpaired) electrons. The smallest absolute Gasteiger partial charge is 0.845 e. The maximum absolute atomic E-state index is 11.2. The monoisotopic (exact) mass is 438 g/mol. The van der Waals surface area contributed by atoms with Crippen LogP contribution in [0.5, 0.6) is 0 Å². The predicted molar refractivity (Wildman–Crippen MR) is 92.9 cm³/mol. The van der Waals surface area contributed by atoms with E-state index in [9.17, 15) is 14.7 Å². The van der Waals surface area contributed by atoms with Crippen molar-refractivity contribution in [3.05, 3.63) is 0 Å². The Labute approximate surface area is 230 Å². The van der Waals surface area contributed by atoms with Crippen LogP contribution in [-0.4, -0.2) is 13.2 Å². The van der Waals surface area contributed by atoms with Crippen molar-refractivity contribution in [3.63, 3.8) is 0 Å². The van der Waals surface area contributed by atoms with E-state index >= 15 is 0 Å². The normalized spacial score (nSPS) is 10.8. The minimum Gasteiger partial charge on any atom is -0.845 e. The summed E-state index contributed by atoms with van der Waals surface area (Å²) < 4.78 is 10.4. The van der Waals surface area contributed by atoms with Gasteiger partial charge in [0.25, 0.3) is 0 Å². The average Bonchev–Trinajstić information content (AvgIpc) is 2.50. The Morgan fingerprint density at radius 1 is 0.577 bits per heavy atom. The van der Waals surface area contributed by atoms with Gasteiger partial charge in [-0.1, -0.05) is 78.1 Å². The van der Waals surface area contributed by atoms with Crippen molar-refractivity contribution in [1.29, 1.82) is 0 Å². The van der Waals surface area contributed by atoms with Crippen LogP contribution in [0.2, 0.25) is 0 Å². The van der Waals surface area contributed by atoms with Gasteiger partial charge in [0.05, 0.1) is 13.2 Å². The predicted octanol–water partition coefficient (Wildman–Crippen LogP) is -6.04. The van der Waals surface area contributed by atoms with Crippen LogP contribution in [-0.2, 0) is 19.0 Å². The fraction of sp³-hybridized carbons (Fsp3) is 1.00. The second kappa shape index (κ2) is 26.6. The van der Waals surface area contributed by atoms with Crippen LogP contribution in [0, 0.1) is 0 Å². The Morgan fingerprint density at radius 3 is 1.19 bits per heavy atom.